The van der Waals surface area contributed by atoms with Gasteiger partial charge < -0.3 is 14.7 Å². The lowest BCUT2D eigenvalue weighted by molar-refractivity contribution is 0.239. The molecule has 1 saturated heterocycles. The summed E-state index contributed by atoms with van der Waals surface area (Å²) in [5, 5.41) is 8.91. The van der Waals surface area contributed by atoms with Gasteiger partial charge in [-0.1, -0.05) is 18.2 Å². The highest BCUT2D eigenvalue weighted by Gasteiger charge is 2.21. The standard InChI is InChI=1S/C15H23NO2/c17-11-8-14-7-10-16(13-14)9-4-12-18-15-5-2-1-3-6-15/h1-3,5-6,14,17H,4,7-13H2. The topological polar surface area (TPSA) is 32.7 Å². The number of rotatable bonds is 7. The van der Waals surface area contributed by atoms with Gasteiger partial charge >= 0.3 is 0 Å². The molecule has 0 aliphatic carbocycles. The quantitative estimate of drug-likeness (QED) is 0.752. The Morgan fingerprint density at radius 3 is 2.89 bits per heavy atom. The van der Waals surface area contributed by atoms with Gasteiger partial charge in [0.1, 0.15) is 5.75 Å². The molecule has 0 spiro atoms. The molecule has 3 nitrogen and oxygen atoms in total. The smallest absolute Gasteiger partial charge is 0.119 e. The Kier molecular flexibility index (Phi) is 5.49. The summed E-state index contributed by atoms with van der Waals surface area (Å²) in [6, 6.07) is 9.98. The van der Waals surface area contributed by atoms with E-state index >= 15 is 0 Å². The Balaban J connectivity index is 1.56. The van der Waals surface area contributed by atoms with Gasteiger partial charge in [0.05, 0.1) is 6.61 Å². The zero-order chi connectivity index (χ0) is 12.6. The van der Waals surface area contributed by atoms with Crippen LogP contribution in [0.4, 0.5) is 0 Å². The number of hydrogen-bond acceptors (Lipinski definition) is 3. The number of aliphatic hydroxyl groups is 1. The number of hydrogen-bond donors (Lipinski definition) is 1. The zero-order valence-electron chi connectivity index (χ0n) is 10.9. The van der Waals surface area contributed by atoms with Crippen molar-refractivity contribution < 1.29 is 9.84 Å². The van der Waals surface area contributed by atoms with E-state index in [1.165, 1.54) is 13.0 Å². The van der Waals surface area contributed by atoms with Crippen LogP contribution in [0.3, 0.4) is 0 Å². The molecule has 1 heterocycles. The summed E-state index contributed by atoms with van der Waals surface area (Å²) in [6.07, 6.45) is 3.26. The number of aliphatic hydroxyl groups excluding tert-OH is 1. The maximum atomic E-state index is 8.91. The first kappa shape index (κ1) is 13.4. The van der Waals surface area contributed by atoms with E-state index in [0.29, 0.717) is 12.5 Å². The summed E-state index contributed by atoms with van der Waals surface area (Å²) < 4.78 is 5.67. The van der Waals surface area contributed by atoms with Crippen LogP contribution in [0.25, 0.3) is 0 Å². The van der Waals surface area contributed by atoms with E-state index in [2.05, 4.69) is 4.90 Å². The van der Waals surface area contributed by atoms with E-state index in [1.807, 2.05) is 30.3 Å². The normalized spacial score (nSPS) is 20.2. The summed E-state index contributed by atoms with van der Waals surface area (Å²) >= 11 is 0. The zero-order valence-corrected chi connectivity index (χ0v) is 10.9. The molecular weight excluding hydrogens is 226 g/mol. The van der Waals surface area contributed by atoms with Crippen molar-refractivity contribution in [2.45, 2.75) is 19.3 Å². The minimum atomic E-state index is 0.329. The molecule has 1 fully saturated rings. The third-order valence-electron chi connectivity index (χ3n) is 3.54. The number of benzene rings is 1. The fourth-order valence-electron chi connectivity index (χ4n) is 2.53. The number of nitrogens with zero attached hydrogens (tertiary/aromatic N) is 1. The van der Waals surface area contributed by atoms with Gasteiger partial charge in [-0.3, -0.25) is 0 Å². The van der Waals surface area contributed by atoms with Crippen molar-refractivity contribution in [2.24, 2.45) is 5.92 Å². The fraction of sp³-hybridized carbons (Fsp3) is 0.600. The molecule has 18 heavy (non-hydrogen) atoms. The van der Waals surface area contributed by atoms with Crippen LogP contribution < -0.4 is 4.74 Å². The predicted octanol–water partition coefficient (Wildman–Crippen LogP) is 2.16. The molecule has 1 aliphatic heterocycles. The highest BCUT2D eigenvalue weighted by Crippen LogP contribution is 2.19. The van der Waals surface area contributed by atoms with Crippen molar-refractivity contribution in [3.63, 3.8) is 0 Å². The Hall–Kier alpha value is -1.06. The van der Waals surface area contributed by atoms with Crippen LogP contribution >= 0.6 is 0 Å². The van der Waals surface area contributed by atoms with E-state index < -0.39 is 0 Å². The molecule has 1 N–H and O–H groups in total. The van der Waals surface area contributed by atoms with Crippen molar-refractivity contribution in [3.8, 4) is 5.75 Å². The second-order valence-corrected chi connectivity index (χ2v) is 4.98. The van der Waals surface area contributed by atoms with Gasteiger partial charge in [-0.05, 0) is 43.9 Å². The highest BCUT2D eigenvalue weighted by atomic mass is 16.5. The second kappa shape index (κ2) is 7.39. The molecule has 0 amide bonds. The molecular formula is C15H23NO2. The molecule has 0 radical (unpaired) electrons. The van der Waals surface area contributed by atoms with Crippen molar-refractivity contribution in [1.82, 2.24) is 4.90 Å². The molecule has 1 unspecified atom stereocenters. The minimum absolute atomic E-state index is 0.329. The van der Waals surface area contributed by atoms with Gasteiger partial charge in [-0.25, -0.2) is 0 Å². The molecule has 1 aromatic carbocycles. The average Bonchev–Trinajstić information content (AvgIpc) is 2.84. The second-order valence-electron chi connectivity index (χ2n) is 4.98. The molecule has 3 heteroatoms. The predicted molar refractivity (Wildman–Crippen MR) is 72.8 cm³/mol. The average molecular weight is 249 g/mol. The largest absolute Gasteiger partial charge is 0.494 e. The third-order valence-corrected chi connectivity index (χ3v) is 3.54. The molecule has 100 valence electrons. The van der Waals surface area contributed by atoms with E-state index in [9.17, 15) is 0 Å². The summed E-state index contributed by atoms with van der Waals surface area (Å²) in [5.74, 6) is 1.65. The van der Waals surface area contributed by atoms with Crippen LogP contribution in [-0.4, -0.2) is 42.9 Å². The maximum Gasteiger partial charge on any atom is 0.119 e. The first-order valence-electron chi connectivity index (χ1n) is 6.89. The first-order valence-corrected chi connectivity index (χ1v) is 6.89. The number of ether oxygens (including phenoxy) is 1. The highest BCUT2D eigenvalue weighted by molar-refractivity contribution is 5.20. The molecule has 1 aromatic rings. The van der Waals surface area contributed by atoms with Crippen molar-refractivity contribution >= 4 is 0 Å². The lowest BCUT2D eigenvalue weighted by atomic mass is 10.1. The van der Waals surface area contributed by atoms with Crippen molar-refractivity contribution in [3.05, 3.63) is 30.3 Å². The van der Waals surface area contributed by atoms with Gasteiger partial charge in [-0.2, -0.15) is 0 Å². The van der Waals surface area contributed by atoms with Crippen LogP contribution in [0.2, 0.25) is 0 Å². The Labute approximate surface area is 109 Å². The van der Waals surface area contributed by atoms with E-state index in [-0.39, 0.29) is 0 Å². The summed E-state index contributed by atoms with van der Waals surface area (Å²) in [4.78, 5) is 2.48. The minimum Gasteiger partial charge on any atom is -0.494 e. The Bertz CT molecular complexity index is 329. The van der Waals surface area contributed by atoms with Gasteiger partial charge in [0.2, 0.25) is 0 Å². The first-order chi connectivity index (χ1) is 8.88. The molecule has 0 bridgehead atoms. The molecule has 2 rings (SSSR count). The third kappa shape index (κ3) is 4.31. The van der Waals surface area contributed by atoms with Crippen molar-refractivity contribution in [1.29, 1.82) is 0 Å². The van der Waals surface area contributed by atoms with E-state index in [0.717, 1.165) is 38.3 Å². The van der Waals surface area contributed by atoms with Crippen LogP contribution in [0.15, 0.2) is 30.3 Å². The number of likely N-dealkylation sites (tertiary alicyclic amines) is 1. The summed E-state index contributed by atoms with van der Waals surface area (Å²) in [5.41, 5.74) is 0. The lowest BCUT2D eigenvalue weighted by Crippen LogP contribution is -2.23. The fourth-order valence-corrected chi connectivity index (χ4v) is 2.53. The van der Waals surface area contributed by atoms with Crippen molar-refractivity contribution in [2.75, 3.05) is 32.8 Å². The van der Waals surface area contributed by atoms with Gasteiger partial charge in [0, 0.05) is 19.7 Å². The van der Waals surface area contributed by atoms with Gasteiger partial charge in [-0.15, -0.1) is 0 Å². The van der Waals surface area contributed by atoms with Gasteiger partial charge in [0.15, 0.2) is 0 Å². The van der Waals surface area contributed by atoms with Crippen LogP contribution in [0.5, 0.6) is 5.75 Å². The monoisotopic (exact) mass is 249 g/mol. The maximum absolute atomic E-state index is 8.91. The molecule has 0 saturated carbocycles. The summed E-state index contributed by atoms with van der Waals surface area (Å²) in [7, 11) is 0. The number of para-hydroxylation sites is 1. The van der Waals surface area contributed by atoms with Crippen LogP contribution in [0.1, 0.15) is 19.3 Å². The molecule has 1 atom stereocenters. The molecule has 0 aromatic heterocycles. The van der Waals surface area contributed by atoms with Crippen LogP contribution in [0, 0.1) is 5.92 Å². The van der Waals surface area contributed by atoms with E-state index in [4.69, 9.17) is 9.84 Å². The molecule has 1 aliphatic rings. The van der Waals surface area contributed by atoms with E-state index in [1.54, 1.807) is 0 Å². The van der Waals surface area contributed by atoms with Crippen LogP contribution in [-0.2, 0) is 0 Å². The lowest BCUT2D eigenvalue weighted by Gasteiger charge is -2.15. The Morgan fingerprint density at radius 1 is 1.28 bits per heavy atom. The van der Waals surface area contributed by atoms with Gasteiger partial charge in [0.25, 0.3) is 0 Å². The SMILES string of the molecule is OCCC1CCN(CCCOc2ccccc2)C1. The Morgan fingerprint density at radius 2 is 2.11 bits per heavy atom. The summed E-state index contributed by atoms with van der Waals surface area (Å²) in [6.45, 7) is 4.54.